The first-order chi connectivity index (χ1) is 9.05. The van der Waals surface area contributed by atoms with E-state index in [0.717, 1.165) is 44.9 Å². The van der Waals surface area contributed by atoms with E-state index in [1.54, 1.807) is 0 Å². The number of nitrogens with one attached hydrogen (secondary N) is 1. The molecule has 0 unspecified atom stereocenters. The third kappa shape index (κ3) is 2.14. The van der Waals surface area contributed by atoms with Crippen LogP contribution in [0.5, 0.6) is 0 Å². The molecule has 3 aliphatic rings. The summed E-state index contributed by atoms with van der Waals surface area (Å²) in [5, 5.41) is 13.4. The molecule has 3 rings (SSSR count). The van der Waals surface area contributed by atoms with Crippen LogP contribution in [0.25, 0.3) is 0 Å². The van der Waals surface area contributed by atoms with E-state index in [1.165, 1.54) is 4.90 Å². The maximum Gasteiger partial charge on any atom is 0.325 e. The van der Waals surface area contributed by atoms with Crippen molar-refractivity contribution < 1.29 is 14.7 Å². The smallest absolute Gasteiger partial charge is 0.325 e. The Bertz CT molecular complexity index is 395. The highest BCUT2D eigenvalue weighted by atomic mass is 16.3. The van der Waals surface area contributed by atoms with Crippen LogP contribution in [0.1, 0.15) is 57.8 Å². The number of hydrogen-bond donors (Lipinski definition) is 2. The fraction of sp³-hybridized carbons (Fsp3) is 0.857. The number of aliphatic hydroxyl groups is 1. The second-order valence-electron chi connectivity index (χ2n) is 6.40. The van der Waals surface area contributed by atoms with Gasteiger partial charge in [-0.05, 0) is 25.7 Å². The van der Waals surface area contributed by atoms with Gasteiger partial charge in [0.2, 0.25) is 0 Å². The number of imide groups is 1. The number of rotatable bonds is 2. The molecule has 3 amide bonds. The third-order valence-electron chi connectivity index (χ3n) is 4.94. The van der Waals surface area contributed by atoms with Crippen molar-refractivity contribution in [2.75, 3.05) is 6.54 Å². The van der Waals surface area contributed by atoms with Gasteiger partial charge in [-0.3, -0.25) is 9.69 Å². The van der Waals surface area contributed by atoms with E-state index in [2.05, 4.69) is 5.32 Å². The lowest BCUT2D eigenvalue weighted by molar-refractivity contribution is -0.134. The number of hydrogen-bond acceptors (Lipinski definition) is 3. The molecule has 5 nitrogen and oxygen atoms in total. The van der Waals surface area contributed by atoms with Gasteiger partial charge in [-0.15, -0.1) is 0 Å². The molecule has 0 aromatic heterocycles. The molecule has 1 heterocycles. The van der Waals surface area contributed by atoms with Crippen molar-refractivity contribution in [3.8, 4) is 0 Å². The second kappa shape index (κ2) is 4.47. The number of β-amino-alcohol motifs (C(OH)–C–C–N with tert-alkyl or cyclic N) is 1. The largest absolute Gasteiger partial charge is 0.388 e. The standard InChI is InChI=1S/C14H22N2O3/c17-11-14(8-4-5-9-14)15-12(18)16(11)10-13(19)6-2-1-3-7-13/h19H,1-10H2,(H,15,18). The van der Waals surface area contributed by atoms with Gasteiger partial charge in [-0.2, -0.15) is 0 Å². The summed E-state index contributed by atoms with van der Waals surface area (Å²) in [4.78, 5) is 25.8. The van der Waals surface area contributed by atoms with Gasteiger partial charge in [0.25, 0.3) is 5.91 Å². The van der Waals surface area contributed by atoms with E-state index in [-0.39, 0.29) is 18.5 Å². The molecule has 1 aliphatic heterocycles. The highest BCUT2D eigenvalue weighted by Gasteiger charge is 2.53. The summed E-state index contributed by atoms with van der Waals surface area (Å²) >= 11 is 0. The van der Waals surface area contributed by atoms with E-state index in [4.69, 9.17) is 0 Å². The molecule has 0 atom stereocenters. The van der Waals surface area contributed by atoms with Crippen LogP contribution in [0.2, 0.25) is 0 Å². The monoisotopic (exact) mass is 266 g/mol. The first-order valence-corrected chi connectivity index (χ1v) is 7.41. The molecule has 2 N–H and O–H groups in total. The zero-order chi connectivity index (χ0) is 13.5. The summed E-state index contributed by atoms with van der Waals surface area (Å²) in [5.41, 5.74) is -1.52. The van der Waals surface area contributed by atoms with Gasteiger partial charge in [0.15, 0.2) is 0 Å². The maximum absolute atomic E-state index is 12.5. The Balaban J connectivity index is 1.74. The SMILES string of the molecule is O=C1NC2(CCCC2)C(=O)N1CC1(O)CCCCC1. The Hall–Kier alpha value is -1.10. The van der Waals surface area contributed by atoms with Crippen molar-refractivity contribution in [2.45, 2.75) is 68.9 Å². The predicted molar refractivity (Wildman–Crippen MR) is 69.5 cm³/mol. The third-order valence-corrected chi connectivity index (χ3v) is 4.94. The number of nitrogens with zero attached hydrogens (tertiary/aromatic N) is 1. The molecule has 0 bridgehead atoms. The molecule has 3 fully saturated rings. The van der Waals surface area contributed by atoms with E-state index in [0.29, 0.717) is 12.8 Å². The van der Waals surface area contributed by atoms with Crippen LogP contribution in [-0.4, -0.2) is 39.6 Å². The maximum atomic E-state index is 12.5. The first-order valence-electron chi connectivity index (χ1n) is 7.41. The topological polar surface area (TPSA) is 69.6 Å². The highest BCUT2D eigenvalue weighted by Crippen LogP contribution is 2.37. The number of carbonyl (C=O) groups excluding carboxylic acids is 2. The van der Waals surface area contributed by atoms with Crippen LogP contribution >= 0.6 is 0 Å². The van der Waals surface area contributed by atoms with Crippen molar-refractivity contribution >= 4 is 11.9 Å². The lowest BCUT2D eigenvalue weighted by Gasteiger charge is -2.34. The van der Waals surface area contributed by atoms with Gasteiger partial charge in [-0.1, -0.05) is 32.1 Å². The van der Waals surface area contributed by atoms with E-state index < -0.39 is 11.1 Å². The summed E-state index contributed by atoms with van der Waals surface area (Å²) in [6.07, 6.45) is 7.93. The summed E-state index contributed by atoms with van der Waals surface area (Å²) in [7, 11) is 0. The van der Waals surface area contributed by atoms with E-state index in [9.17, 15) is 14.7 Å². The minimum atomic E-state index is -0.866. The summed E-state index contributed by atoms with van der Waals surface area (Å²) in [5.74, 6) is -0.117. The van der Waals surface area contributed by atoms with E-state index in [1.807, 2.05) is 0 Å². The molecule has 19 heavy (non-hydrogen) atoms. The highest BCUT2D eigenvalue weighted by molar-refractivity contribution is 6.07. The van der Waals surface area contributed by atoms with Crippen LogP contribution < -0.4 is 5.32 Å². The lowest BCUT2D eigenvalue weighted by atomic mass is 9.84. The van der Waals surface area contributed by atoms with Gasteiger partial charge in [-0.25, -0.2) is 4.79 Å². The van der Waals surface area contributed by atoms with Crippen molar-refractivity contribution in [3.63, 3.8) is 0 Å². The molecule has 2 saturated carbocycles. The molecule has 0 aromatic rings. The molecule has 106 valence electrons. The van der Waals surface area contributed by atoms with Crippen LogP contribution in [0.4, 0.5) is 4.79 Å². The van der Waals surface area contributed by atoms with Gasteiger partial charge < -0.3 is 10.4 Å². The molecule has 1 spiro atoms. The summed E-state index contributed by atoms with van der Waals surface area (Å²) in [6.45, 7) is 0.166. The number of urea groups is 1. The molecular weight excluding hydrogens is 244 g/mol. The minimum Gasteiger partial charge on any atom is -0.388 e. The fourth-order valence-electron chi connectivity index (χ4n) is 3.80. The van der Waals surface area contributed by atoms with Crippen LogP contribution in [-0.2, 0) is 4.79 Å². The van der Waals surface area contributed by atoms with Crippen LogP contribution in [0.15, 0.2) is 0 Å². The number of carbonyl (C=O) groups is 2. The molecule has 1 saturated heterocycles. The molecule has 2 aliphatic carbocycles. The van der Waals surface area contributed by atoms with E-state index >= 15 is 0 Å². The Labute approximate surface area is 113 Å². The zero-order valence-corrected chi connectivity index (χ0v) is 11.3. The van der Waals surface area contributed by atoms with Crippen molar-refractivity contribution in [1.29, 1.82) is 0 Å². The molecule has 5 heteroatoms. The first kappa shape index (κ1) is 12.9. The van der Waals surface area contributed by atoms with Gasteiger partial charge >= 0.3 is 6.03 Å². The van der Waals surface area contributed by atoms with Crippen molar-refractivity contribution in [1.82, 2.24) is 10.2 Å². The molecule has 0 aromatic carbocycles. The Kier molecular flexibility index (Phi) is 3.04. The fourth-order valence-corrected chi connectivity index (χ4v) is 3.80. The van der Waals surface area contributed by atoms with Gasteiger partial charge in [0.05, 0.1) is 12.1 Å². The minimum absolute atomic E-state index is 0.117. The Morgan fingerprint density at radius 2 is 1.58 bits per heavy atom. The van der Waals surface area contributed by atoms with Crippen LogP contribution in [0.3, 0.4) is 0 Å². The average molecular weight is 266 g/mol. The lowest BCUT2D eigenvalue weighted by Crippen LogP contribution is -2.48. The quantitative estimate of drug-likeness (QED) is 0.745. The Morgan fingerprint density at radius 1 is 1.00 bits per heavy atom. The molecule has 0 radical (unpaired) electrons. The number of amides is 3. The van der Waals surface area contributed by atoms with Gasteiger partial charge in [0, 0.05) is 0 Å². The zero-order valence-electron chi connectivity index (χ0n) is 11.3. The van der Waals surface area contributed by atoms with Gasteiger partial charge in [0.1, 0.15) is 5.54 Å². The summed E-state index contributed by atoms with van der Waals surface area (Å²) in [6, 6.07) is -0.314. The predicted octanol–water partition coefficient (Wildman–Crippen LogP) is 1.55. The normalized spacial score (nSPS) is 29.0. The average Bonchev–Trinajstić information content (AvgIpc) is 2.93. The second-order valence-corrected chi connectivity index (χ2v) is 6.40. The van der Waals surface area contributed by atoms with Crippen LogP contribution in [0, 0.1) is 0 Å². The Morgan fingerprint density at radius 3 is 2.21 bits per heavy atom. The summed E-state index contributed by atoms with van der Waals surface area (Å²) < 4.78 is 0. The van der Waals surface area contributed by atoms with Crippen molar-refractivity contribution in [3.05, 3.63) is 0 Å². The van der Waals surface area contributed by atoms with Crippen molar-refractivity contribution in [2.24, 2.45) is 0 Å². The molecular formula is C14H22N2O3.